The second kappa shape index (κ2) is 4.37. The SMILES string of the molecule is C#C.CC(C)C1OC2OC(C2C)C2COC21. The molecule has 0 radical (unpaired) electrons. The third-order valence-corrected chi connectivity index (χ3v) is 3.84. The average molecular weight is 224 g/mol. The van der Waals surface area contributed by atoms with Crippen LogP contribution in [0.4, 0.5) is 0 Å². The summed E-state index contributed by atoms with van der Waals surface area (Å²) in [6.07, 6.45) is 8.94. The Morgan fingerprint density at radius 3 is 2.25 bits per heavy atom. The Morgan fingerprint density at radius 2 is 1.81 bits per heavy atom. The van der Waals surface area contributed by atoms with Gasteiger partial charge in [0.25, 0.3) is 0 Å². The number of fused-ring (bicyclic) bond motifs is 1. The highest BCUT2D eigenvalue weighted by molar-refractivity contribution is 5.01. The third kappa shape index (κ3) is 1.57. The topological polar surface area (TPSA) is 27.7 Å². The number of rotatable bonds is 1. The van der Waals surface area contributed by atoms with Gasteiger partial charge in [0, 0.05) is 11.8 Å². The van der Waals surface area contributed by atoms with Gasteiger partial charge in [0.2, 0.25) is 0 Å². The predicted octanol–water partition coefficient (Wildman–Crippen LogP) is 1.67. The van der Waals surface area contributed by atoms with Crippen molar-refractivity contribution in [2.24, 2.45) is 17.8 Å². The van der Waals surface area contributed by atoms with E-state index in [1.807, 2.05) is 0 Å². The number of hydrogen-bond donors (Lipinski definition) is 0. The molecule has 0 aromatic rings. The van der Waals surface area contributed by atoms with E-state index in [-0.39, 0.29) is 18.5 Å². The Kier molecular flexibility index (Phi) is 3.25. The van der Waals surface area contributed by atoms with Crippen molar-refractivity contribution in [3.05, 3.63) is 0 Å². The van der Waals surface area contributed by atoms with Crippen molar-refractivity contribution in [1.82, 2.24) is 0 Å². The summed E-state index contributed by atoms with van der Waals surface area (Å²) in [5.41, 5.74) is 0. The van der Waals surface area contributed by atoms with Crippen molar-refractivity contribution < 1.29 is 14.2 Å². The van der Waals surface area contributed by atoms with Gasteiger partial charge in [0.15, 0.2) is 6.29 Å². The molecule has 0 N–H and O–H groups in total. The van der Waals surface area contributed by atoms with Crippen LogP contribution in [-0.4, -0.2) is 31.2 Å². The van der Waals surface area contributed by atoms with E-state index in [2.05, 4.69) is 33.6 Å². The van der Waals surface area contributed by atoms with E-state index in [0.717, 1.165) is 6.61 Å². The Bertz CT molecular complexity index is 274. The van der Waals surface area contributed by atoms with Crippen LogP contribution in [0.15, 0.2) is 0 Å². The van der Waals surface area contributed by atoms with Gasteiger partial charge in [-0.3, -0.25) is 0 Å². The molecule has 3 nitrogen and oxygen atoms in total. The molecule has 6 unspecified atom stereocenters. The highest BCUT2D eigenvalue weighted by atomic mass is 16.7. The largest absolute Gasteiger partial charge is 0.375 e. The van der Waals surface area contributed by atoms with Crippen molar-refractivity contribution in [2.45, 2.75) is 45.4 Å². The summed E-state index contributed by atoms with van der Waals surface area (Å²) >= 11 is 0. The summed E-state index contributed by atoms with van der Waals surface area (Å²) in [6, 6.07) is 0. The maximum absolute atomic E-state index is 5.94. The molecule has 4 fully saturated rings. The van der Waals surface area contributed by atoms with E-state index in [0.29, 0.717) is 23.9 Å². The Hall–Kier alpha value is -0.560. The molecule has 90 valence electrons. The first-order chi connectivity index (χ1) is 7.68. The fourth-order valence-electron chi connectivity index (χ4n) is 2.82. The van der Waals surface area contributed by atoms with Crippen LogP contribution in [0.1, 0.15) is 20.8 Å². The third-order valence-electron chi connectivity index (χ3n) is 3.84. The first-order valence-corrected chi connectivity index (χ1v) is 5.94. The van der Waals surface area contributed by atoms with Crippen LogP contribution in [-0.2, 0) is 14.2 Å². The minimum Gasteiger partial charge on any atom is -0.375 e. The van der Waals surface area contributed by atoms with E-state index in [4.69, 9.17) is 14.2 Å². The normalized spacial score (nSPS) is 48.9. The Morgan fingerprint density at radius 1 is 1.12 bits per heavy atom. The lowest BCUT2D eigenvalue weighted by Gasteiger charge is -2.47. The molecule has 4 rings (SSSR count). The van der Waals surface area contributed by atoms with Crippen molar-refractivity contribution in [3.8, 4) is 12.8 Å². The van der Waals surface area contributed by atoms with Crippen molar-refractivity contribution >= 4 is 0 Å². The lowest BCUT2D eigenvalue weighted by molar-refractivity contribution is -0.303. The summed E-state index contributed by atoms with van der Waals surface area (Å²) < 4.78 is 17.3. The smallest absolute Gasteiger partial charge is 0.163 e. The van der Waals surface area contributed by atoms with Gasteiger partial charge in [0.05, 0.1) is 24.9 Å². The van der Waals surface area contributed by atoms with E-state index >= 15 is 0 Å². The predicted molar refractivity (Wildman–Crippen MR) is 60.7 cm³/mol. The maximum atomic E-state index is 5.94. The van der Waals surface area contributed by atoms with Crippen molar-refractivity contribution in [3.63, 3.8) is 0 Å². The minimum atomic E-state index is 0.0293. The van der Waals surface area contributed by atoms with Gasteiger partial charge in [-0.05, 0) is 5.92 Å². The summed E-state index contributed by atoms with van der Waals surface area (Å²) in [5.74, 6) is 1.64. The van der Waals surface area contributed by atoms with E-state index < -0.39 is 0 Å². The molecule has 2 bridgehead atoms. The molecule has 6 atom stereocenters. The van der Waals surface area contributed by atoms with Crippen LogP contribution >= 0.6 is 0 Å². The van der Waals surface area contributed by atoms with Crippen LogP contribution in [0.2, 0.25) is 0 Å². The fraction of sp³-hybridized carbons (Fsp3) is 0.846. The highest BCUT2D eigenvalue weighted by Crippen LogP contribution is 2.47. The second-order valence-electron chi connectivity index (χ2n) is 5.13. The Balaban J connectivity index is 0.000000457. The summed E-state index contributed by atoms with van der Waals surface area (Å²) in [5, 5.41) is 0. The number of ether oxygens (including phenoxy) is 3. The molecule has 0 aromatic carbocycles. The van der Waals surface area contributed by atoms with Gasteiger partial charge in [-0.25, -0.2) is 0 Å². The molecule has 0 spiro atoms. The monoisotopic (exact) mass is 224 g/mol. The molecular weight excluding hydrogens is 204 g/mol. The summed E-state index contributed by atoms with van der Waals surface area (Å²) in [6.45, 7) is 7.46. The van der Waals surface area contributed by atoms with Gasteiger partial charge < -0.3 is 14.2 Å². The van der Waals surface area contributed by atoms with Crippen molar-refractivity contribution in [1.29, 1.82) is 0 Å². The Labute approximate surface area is 97.4 Å². The standard InChI is InChI=1S/C11H18O3.C2H2/c1-5(2)8-10-7(4-12-10)9-6(3)11(13-8)14-9;1-2/h5-11H,4H2,1-3H3;1-2H. The van der Waals surface area contributed by atoms with Crippen molar-refractivity contribution in [2.75, 3.05) is 6.61 Å². The van der Waals surface area contributed by atoms with Gasteiger partial charge in [-0.15, -0.1) is 12.8 Å². The summed E-state index contributed by atoms with van der Waals surface area (Å²) in [7, 11) is 0. The molecule has 0 aliphatic carbocycles. The number of hydrogen-bond acceptors (Lipinski definition) is 3. The quantitative estimate of drug-likeness (QED) is 0.634. The van der Waals surface area contributed by atoms with Crippen LogP contribution in [0.5, 0.6) is 0 Å². The van der Waals surface area contributed by atoms with Gasteiger partial charge in [0.1, 0.15) is 0 Å². The van der Waals surface area contributed by atoms with Gasteiger partial charge in [-0.1, -0.05) is 20.8 Å². The molecule has 4 aliphatic heterocycles. The maximum Gasteiger partial charge on any atom is 0.163 e. The average Bonchev–Trinajstić information content (AvgIpc) is 2.41. The lowest BCUT2D eigenvalue weighted by Crippen LogP contribution is -2.57. The molecule has 16 heavy (non-hydrogen) atoms. The zero-order valence-corrected chi connectivity index (χ0v) is 10.1. The lowest BCUT2D eigenvalue weighted by atomic mass is 9.79. The van der Waals surface area contributed by atoms with E-state index in [1.54, 1.807) is 0 Å². The van der Waals surface area contributed by atoms with Crippen LogP contribution in [0.25, 0.3) is 0 Å². The molecular formula is C13H20O3. The van der Waals surface area contributed by atoms with Crippen LogP contribution in [0, 0.1) is 30.6 Å². The molecule has 3 heteroatoms. The summed E-state index contributed by atoms with van der Waals surface area (Å²) in [4.78, 5) is 0. The van der Waals surface area contributed by atoms with Gasteiger partial charge in [-0.2, -0.15) is 0 Å². The molecule has 0 aromatic heterocycles. The zero-order valence-electron chi connectivity index (χ0n) is 10.1. The molecule has 4 heterocycles. The highest BCUT2D eigenvalue weighted by Gasteiger charge is 2.58. The van der Waals surface area contributed by atoms with Crippen LogP contribution in [0.3, 0.4) is 0 Å². The first-order valence-electron chi connectivity index (χ1n) is 5.94. The molecule has 0 amide bonds. The molecule has 4 aliphatic rings. The minimum absolute atomic E-state index is 0.0293. The zero-order chi connectivity index (χ0) is 11.9. The van der Waals surface area contributed by atoms with Gasteiger partial charge >= 0.3 is 0 Å². The first kappa shape index (κ1) is 11.9. The number of terminal acetylenes is 1. The fourth-order valence-corrected chi connectivity index (χ4v) is 2.82. The molecule has 4 saturated heterocycles. The van der Waals surface area contributed by atoms with E-state index in [9.17, 15) is 0 Å². The second-order valence-corrected chi connectivity index (χ2v) is 5.13. The molecule has 0 saturated carbocycles. The van der Waals surface area contributed by atoms with Crippen LogP contribution < -0.4 is 0 Å². The van der Waals surface area contributed by atoms with E-state index in [1.165, 1.54) is 0 Å².